The van der Waals surface area contributed by atoms with Crippen molar-refractivity contribution in [2.75, 3.05) is 16.6 Å². The Bertz CT molecular complexity index is 1050. The van der Waals surface area contributed by atoms with Gasteiger partial charge in [0, 0.05) is 29.5 Å². The molecule has 8 nitrogen and oxygen atoms in total. The van der Waals surface area contributed by atoms with Crippen LogP contribution in [0.25, 0.3) is 0 Å². The van der Waals surface area contributed by atoms with Gasteiger partial charge in [0.2, 0.25) is 11.8 Å². The molecule has 0 bridgehead atoms. The second-order valence-electron chi connectivity index (χ2n) is 7.13. The minimum Gasteiger partial charge on any atom is -0.477 e. The van der Waals surface area contributed by atoms with Crippen LogP contribution in [-0.4, -0.2) is 30.0 Å². The Hall–Kier alpha value is -2.72. The van der Waals surface area contributed by atoms with Crippen molar-refractivity contribution in [3.8, 4) is 5.88 Å². The van der Waals surface area contributed by atoms with Crippen LogP contribution in [0, 0.1) is 5.92 Å². The van der Waals surface area contributed by atoms with Crippen LogP contribution in [-0.2, 0) is 10.0 Å². The van der Waals surface area contributed by atoms with Gasteiger partial charge in [-0.3, -0.25) is 4.72 Å². The van der Waals surface area contributed by atoms with Crippen molar-refractivity contribution in [1.82, 2.24) is 15.0 Å². The van der Waals surface area contributed by atoms with E-state index in [1.54, 1.807) is 36.0 Å². The number of hydrogen-bond donors (Lipinski definition) is 2. The van der Waals surface area contributed by atoms with Gasteiger partial charge in [0.1, 0.15) is 0 Å². The zero-order chi connectivity index (χ0) is 20.8. The first kappa shape index (κ1) is 20.5. The molecule has 30 heavy (non-hydrogen) atoms. The van der Waals surface area contributed by atoms with Crippen LogP contribution in [0.2, 0.25) is 0 Å². The van der Waals surface area contributed by atoms with E-state index in [4.69, 9.17) is 4.74 Å². The highest BCUT2D eigenvalue weighted by Gasteiger charge is 2.16. The second-order valence-corrected chi connectivity index (χ2v) is 9.70. The minimum absolute atomic E-state index is 0.147. The Labute approximate surface area is 179 Å². The SMILES string of the molecule is O=S(=O)(Nc1nccs1)c1ccc(Nc2nccc(OCC3CCCCC3)n2)cc1. The van der Waals surface area contributed by atoms with E-state index in [-0.39, 0.29) is 4.90 Å². The van der Waals surface area contributed by atoms with Gasteiger partial charge in [-0.05, 0) is 43.0 Å². The van der Waals surface area contributed by atoms with Gasteiger partial charge in [-0.1, -0.05) is 19.3 Å². The molecule has 2 heterocycles. The Morgan fingerprint density at radius 2 is 1.83 bits per heavy atom. The highest BCUT2D eigenvalue weighted by Crippen LogP contribution is 2.25. The lowest BCUT2D eigenvalue weighted by Crippen LogP contribution is -2.15. The molecule has 0 unspecified atom stereocenters. The van der Waals surface area contributed by atoms with Gasteiger partial charge in [-0.15, -0.1) is 11.3 Å². The fourth-order valence-electron chi connectivity index (χ4n) is 3.33. The third-order valence-electron chi connectivity index (χ3n) is 4.90. The molecule has 0 atom stereocenters. The summed E-state index contributed by atoms with van der Waals surface area (Å²) in [5.41, 5.74) is 0.674. The first-order chi connectivity index (χ1) is 14.6. The van der Waals surface area contributed by atoms with Gasteiger partial charge in [0.25, 0.3) is 10.0 Å². The number of hydrogen-bond acceptors (Lipinski definition) is 8. The summed E-state index contributed by atoms with van der Waals surface area (Å²) >= 11 is 1.22. The fraction of sp³-hybridized carbons (Fsp3) is 0.350. The van der Waals surface area contributed by atoms with Crippen LogP contribution >= 0.6 is 11.3 Å². The molecule has 0 aliphatic heterocycles. The standard InChI is InChI=1S/C20H23N5O3S2/c26-30(27,25-20-22-12-13-29-20)17-8-6-16(7-9-17)23-19-21-11-10-18(24-19)28-14-15-4-2-1-3-5-15/h6-13,15H,1-5,14H2,(H,22,25)(H,21,23,24). The molecule has 1 aliphatic rings. The summed E-state index contributed by atoms with van der Waals surface area (Å²) < 4.78 is 33.1. The fourth-order valence-corrected chi connectivity index (χ4v) is 5.12. The summed E-state index contributed by atoms with van der Waals surface area (Å²) in [6.07, 6.45) is 9.47. The lowest BCUT2D eigenvalue weighted by molar-refractivity contribution is 0.203. The number of ether oxygens (including phenoxy) is 1. The normalized spacial score (nSPS) is 14.9. The smallest absolute Gasteiger partial charge is 0.263 e. The lowest BCUT2D eigenvalue weighted by atomic mass is 9.90. The molecule has 0 amide bonds. The number of anilines is 3. The Morgan fingerprint density at radius 1 is 1.03 bits per heavy atom. The monoisotopic (exact) mass is 445 g/mol. The Morgan fingerprint density at radius 3 is 2.57 bits per heavy atom. The molecule has 1 fully saturated rings. The van der Waals surface area contributed by atoms with E-state index in [9.17, 15) is 8.42 Å². The zero-order valence-electron chi connectivity index (χ0n) is 16.3. The van der Waals surface area contributed by atoms with Crippen molar-refractivity contribution in [2.45, 2.75) is 37.0 Å². The summed E-state index contributed by atoms with van der Waals surface area (Å²) in [6.45, 7) is 0.676. The quantitative estimate of drug-likeness (QED) is 0.528. The van der Waals surface area contributed by atoms with Crippen molar-refractivity contribution >= 4 is 38.1 Å². The van der Waals surface area contributed by atoms with Gasteiger partial charge >= 0.3 is 0 Å². The number of rotatable bonds is 8. The highest BCUT2D eigenvalue weighted by molar-refractivity contribution is 7.93. The van der Waals surface area contributed by atoms with E-state index in [1.165, 1.54) is 55.6 Å². The highest BCUT2D eigenvalue weighted by atomic mass is 32.2. The lowest BCUT2D eigenvalue weighted by Gasteiger charge is -2.21. The van der Waals surface area contributed by atoms with Crippen molar-refractivity contribution in [1.29, 1.82) is 0 Å². The van der Waals surface area contributed by atoms with E-state index < -0.39 is 10.0 Å². The molecule has 2 aromatic heterocycles. The maximum absolute atomic E-state index is 12.4. The van der Waals surface area contributed by atoms with Crippen LogP contribution in [0.4, 0.5) is 16.8 Å². The Balaban J connectivity index is 1.37. The van der Waals surface area contributed by atoms with Gasteiger partial charge < -0.3 is 10.1 Å². The minimum atomic E-state index is -3.68. The summed E-state index contributed by atoms with van der Waals surface area (Å²) in [7, 11) is -3.68. The summed E-state index contributed by atoms with van der Waals surface area (Å²) in [5.74, 6) is 1.52. The van der Waals surface area contributed by atoms with Crippen molar-refractivity contribution in [3.63, 3.8) is 0 Å². The Kier molecular flexibility index (Phi) is 6.44. The predicted molar refractivity (Wildman–Crippen MR) is 117 cm³/mol. The molecule has 1 aliphatic carbocycles. The molecule has 0 saturated heterocycles. The predicted octanol–water partition coefficient (Wildman–Crippen LogP) is 4.44. The van der Waals surface area contributed by atoms with Gasteiger partial charge in [-0.25, -0.2) is 18.4 Å². The van der Waals surface area contributed by atoms with E-state index in [0.717, 1.165) is 0 Å². The van der Waals surface area contributed by atoms with Gasteiger partial charge in [-0.2, -0.15) is 4.98 Å². The molecule has 1 aromatic carbocycles. The summed E-state index contributed by atoms with van der Waals surface area (Å²) in [4.78, 5) is 12.7. The largest absolute Gasteiger partial charge is 0.477 e. The van der Waals surface area contributed by atoms with Crippen LogP contribution < -0.4 is 14.8 Å². The number of nitrogens with one attached hydrogen (secondary N) is 2. The average Bonchev–Trinajstić information content (AvgIpc) is 3.26. The number of benzene rings is 1. The molecular formula is C20H23N5O3S2. The van der Waals surface area contributed by atoms with Gasteiger partial charge in [0.15, 0.2) is 5.13 Å². The summed E-state index contributed by atoms with van der Waals surface area (Å²) in [6, 6.07) is 8.10. The number of nitrogens with zero attached hydrogens (tertiary/aromatic N) is 3. The van der Waals surface area contributed by atoms with Crippen LogP contribution in [0.3, 0.4) is 0 Å². The number of thiazole rings is 1. The number of aromatic nitrogens is 3. The molecule has 4 rings (SSSR count). The zero-order valence-corrected chi connectivity index (χ0v) is 18.0. The topological polar surface area (TPSA) is 106 Å². The molecule has 0 spiro atoms. The number of sulfonamides is 1. The first-order valence-corrected chi connectivity index (χ1v) is 12.2. The van der Waals surface area contributed by atoms with E-state index in [1.807, 2.05) is 0 Å². The van der Waals surface area contributed by atoms with E-state index in [2.05, 4.69) is 25.0 Å². The molecule has 0 radical (unpaired) electrons. The van der Waals surface area contributed by atoms with Crippen molar-refractivity contribution in [2.24, 2.45) is 5.92 Å². The molecule has 10 heteroatoms. The first-order valence-electron chi connectivity index (χ1n) is 9.84. The molecule has 3 aromatic rings. The van der Waals surface area contributed by atoms with Crippen LogP contribution in [0.5, 0.6) is 5.88 Å². The van der Waals surface area contributed by atoms with Crippen LogP contribution in [0.15, 0.2) is 53.0 Å². The second kappa shape index (κ2) is 9.40. The van der Waals surface area contributed by atoms with Crippen molar-refractivity contribution < 1.29 is 13.2 Å². The van der Waals surface area contributed by atoms with Gasteiger partial charge in [0.05, 0.1) is 11.5 Å². The average molecular weight is 446 g/mol. The van der Waals surface area contributed by atoms with Crippen molar-refractivity contribution in [3.05, 3.63) is 48.1 Å². The molecule has 1 saturated carbocycles. The maximum Gasteiger partial charge on any atom is 0.263 e. The maximum atomic E-state index is 12.4. The third-order valence-corrected chi connectivity index (χ3v) is 7.07. The van der Waals surface area contributed by atoms with Crippen LogP contribution in [0.1, 0.15) is 32.1 Å². The molecule has 158 valence electrons. The molecule has 2 N–H and O–H groups in total. The van der Waals surface area contributed by atoms with E-state index >= 15 is 0 Å². The summed E-state index contributed by atoms with van der Waals surface area (Å²) in [5, 5.41) is 5.11. The van der Waals surface area contributed by atoms with E-state index in [0.29, 0.717) is 35.2 Å². The third kappa shape index (κ3) is 5.45. The molecular weight excluding hydrogens is 422 g/mol.